The number of H-pyrrole nitrogens is 1. The van der Waals surface area contributed by atoms with Crippen molar-refractivity contribution in [2.75, 3.05) is 23.3 Å². The van der Waals surface area contributed by atoms with Gasteiger partial charge in [-0.15, -0.1) is 5.10 Å². The molecule has 1 aliphatic rings. The number of aliphatic hydroxyl groups excluding tert-OH is 1. The van der Waals surface area contributed by atoms with Gasteiger partial charge in [0.25, 0.3) is 0 Å². The number of piperidine rings is 1. The van der Waals surface area contributed by atoms with Crippen LogP contribution >= 0.6 is 0 Å². The maximum absolute atomic E-state index is 9.72. The quantitative estimate of drug-likeness (QED) is 0.754. The fourth-order valence-electron chi connectivity index (χ4n) is 2.25. The van der Waals surface area contributed by atoms with Gasteiger partial charge in [-0.25, -0.2) is 4.98 Å². The average molecular weight is 275 g/mol. The molecule has 0 aromatic carbocycles. The molecule has 0 spiro atoms. The summed E-state index contributed by atoms with van der Waals surface area (Å²) in [5.41, 5.74) is 0. The van der Waals surface area contributed by atoms with Crippen LogP contribution in [0.1, 0.15) is 18.7 Å². The molecule has 1 atom stereocenters. The molecule has 2 aromatic rings. The molecule has 8 nitrogen and oxygen atoms in total. The van der Waals surface area contributed by atoms with Gasteiger partial charge >= 0.3 is 0 Å². The van der Waals surface area contributed by atoms with Crippen molar-refractivity contribution in [2.45, 2.75) is 25.9 Å². The standard InChI is InChI=1S/C12H17N7O/c1-8-14-12(18-17-8)16-11-13-5-4-10(15-11)19-6-2-3-9(20)7-19/h4-5,9,20H,2-3,6-7H2,1H3,(H2,13,14,15,16,17,18). The van der Waals surface area contributed by atoms with E-state index < -0.39 is 0 Å². The second kappa shape index (κ2) is 5.41. The molecule has 0 bridgehead atoms. The molecule has 8 heteroatoms. The molecule has 0 saturated carbocycles. The normalized spacial score (nSPS) is 19.1. The molecular weight excluding hydrogens is 258 g/mol. The summed E-state index contributed by atoms with van der Waals surface area (Å²) in [7, 11) is 0. The summed E-state index contributed by atoms with van der Waals surface area (Å²) in [5, 5.41) is 19.4. The number of anilines is 3. The lowest BCUT2D eigenvalue weighted by Gasteiger charge is -2.30. The van der Waals surface area contributed by atoms with E-state index in [9.17, 15) is 5.11 Å². The van der Waals surface area contributed by atoms with E-state index in [1.807, 2.05) is 13.0 Å². The number of nitrogens with zero attached hydrogens (tertiary/aromatic N) is 5. The zero-order valence-corrected chi connectivity index (χ0v) is 11.2. The third-order valence-corrected chi connectivity index (χ3v) is 3.18. The summed E-state index contributed by atoms with van der Waals surface area (Å²) in [6.07, 6.45) is 3.22. The molecule has 1 saturated heterocycles. The van der Waals surface area contributed by atoms with Gasteiger partial charge < -0.3 is 10.0 Å². The summed E-state index contributed by atoms with van der Waals surface area (Å²) in [4.78, 5) is 14.8. The lowest BCUT2D eigenvalue weighted by molar-refractivity contribution is 0.154. The summed E-state index contributed by atoms with van der Waals surface area (Å²) in [6.45, 7) is 3.33. The van der Waals surface area contributed by atoms with E-state index in [0.29, 0.717) is 18.4 Å². The molecule has 1 aliphatic heterocycles. The maximum atomic E-state index is 9.72. The SMILES string of the molecule is Cc1nc(Nc2nccc(N3CCCC(O)C3)n2)n[nH]1. The van der Waals surface area contributed by atoms with Crippen LogP contribution in [0.5, 0.6) is 0 Å². The van der Waals surface area contributed by atoms with E-state index in [0.717, 1.165) is 31.0 Å². The van der Waals surface area contributed by atoms with Crippen molar-refractivity contribution in [3.63, 3.8) is 0 Å². The monoisotopic (exact) mass is 275 g/mol. The number of β-amino-alcohol motifs (C(OH)–C–C–N with tert-alkyl or cyclic N) is 1. The van der Waals surface area contributed by atoms with Crippen LogP contribution in [0.3, 0.4) is 0 Å². The van der Waals surface area contributed by atoms with E-state index in [1.165, 1.54) is 0 Å². The van der Waals surface area contributed by atoms with Crippen LogP contribution in [0.4, 0.5) is 17.7 Å². The van der Waals surface area contributed by atoms with E-state index in [2.05, 4.69) is 35.4 Å². The molecule has 2 aromatic heterocycles. The Labute approximate surface area is 116 Å². The van der Waals surface area contributed by atoms with Crippen molar-refractivity contribution < 1.29 is 5.11 Å². The lowest BCUT2D eigenvalue weighted by Crippen LogP contribution is -2.38. The van der Waals surface area contributed by atoms with E-state index in [1.54, 1.807) is 6.20 Å². The summed E-state index contributed by atoms with van der Waals surface area (Å²) >= 11 is 0. The topological polar surface area (TPSA) is 103 Å². The zero-order valence-electron chi connectivity index (χ0n) is 11.2. The first-order valence-corrected chi connectivity index (χ1v) is 6.63. The minimum Gasteiger partial charge on any atom is -0.391 e. The number of aliphatic hydroxyl groups is 1. The highest BCUT2D eigenvalue weighted by atomic mass is 16.3. The predicted molar refractivity (Wildman–Crippen MR) is 73.9 cm³/mol. The molecule has 1 unspecified atom stereocenters. The highest BCUT2D eigenvalue weighted by Gasteiger charge is 2.19. The average Bonchev–Trinajstić information content (AvgIpc) is 2.84. The van der Waals surface area contributed by atoms with Gasteiger partial charge in [0.05, 0.1) is 6.10 Å². The predicted octanol–water partition coefficient (Wildman–Crippen LogP) is 0.608. The number of hydrogen-bond donors (Lipinski definition) is 3. The van der Waals surface area contributed by atoms with Crippen molar-refractivity contribution in [1.29, 1.82) is 0 Å². The van der Waals surface area contributed by atoms with Crippen molar-refractivity contribution in [3.8, 4) is 0 Å². The Balaban J connectivity index is 1.75. The van der Waals surface area contributed by atoms with E-state index >= 15 is 0 Å². The Morgan fingerprint density at radius 1 is 1.40 bits per heavy atom. The summed E-state index contributed by atoms with van der Waals surface area (Å²) in [5.74, 6) is 2.41. The highest BCUT2D eigenvalue weighted by molar-refractivity contribution is 5.48. The Morgan fingerprint density at radius 2 is 2.30 bits per heavy atom. The largest absolute Gasteiger partial charge is 0.391 e. The number of aryl methyl sites for hydroxylation is 1. The summed E-state index contributed by atoms with van der Waals surface area (Å²) in [6, 6.07) is 1.84. The molecule has 0 amide bonds. The molecule has 3 rings (SSSR count). The van der Waals surface area contributed by atoms with Crippen LogP contribution in [0.25, 0.3) is 0 Å². The third-order valence-electron chi connectivity index (χ3n) is 3.18. The first-order chi connectivity index (χ1) is 9.70. The Bertz CT molecular complexity index is 585. The number of nitrogens with one attached hydrogen (secondary N) is 2. The second-order valence-corrected chi connectivity index (χ2v) is 4.85. The number of rotatable bonds is 3. The van der Waals surface area contributed by atoms with Gasteiger partial charge in [0.1, 0.15) is 11.6 Å². The van der Waals surface area contributed by atoms with Crippen molar-refractivity contribution in [3.05, 3.63) is 18.1 Å². The van der Waals surface area contributed by atoms with Crippen LogP contribution in [-0.4, -0.2) is 49.4 Å². The van der Waals surface area contributed by atoms with Crippen LogP contribution in [-0.2, 0) is 0 Å². The van der Waals surface area contributed by atoms with E-state index in [-0.39, 0.29) is 6.10 Å². The minimum atomic E-state index is -0.286. The maximum Gasteiger partial charge on any atom is 0.248 e. The molecule has 20 heavy (non-hydrogen) atoms. The van der Waals surface area contributed by atoms with Crippen LogP contribution < -0.4 is 10.2 Å². The number of aromatic nitrogens is 5. The fourth-order valence-corrected chi connectivity index (χ4v) is 2.25. The first-order valence-electron chi connectivity index (χ1n) is 6.63. The van der Waals surface area contributed by atoms with E-state index in [4.69, 9.17) is 0 Å². The van der Waals surface area contributed by atoms with Gasteiger partial charge in [0, 0.05) is 19.3 Å². The van der Waals surface area contributed by atoms with Gasteiger partial charge in [-0.1, -0.05) is 0 Å². The molecule has 1 fully saturated rings. The third kappa shape index (κ3) is 2.85. The molecule has 0 aliphatic carbocycles. The van der Waals surface area contributed by atoms with Crippen LogP contribution in [0, 0.1) is 6.92 Å². The first kappa shape index (κ1) is 12.8. The molecular formula is C12H17N7O. The highest BCUT2D eigenvalue weighted by Crippen LogP contribution is 2.19. The van der Waals surface area contributed by atoms with Gasteiger partial charge in [0.15, 0.2) is 0 Å². The van der Waals surface area contributed by atoms with Crippen molar-refractivity contribution in [2.24, 2.45) is 0 Å². The Hall–Kier alpha value is -2.22. The molecule has 0 radical (unpaired) electrons. The van der Waals surface area contributed by atoms with Crippen molar-refractivity contribution >= 4 is 17.7 Å². The van der Waals surface area contributed by atoms with Gasteiger partial charge in [0.2, 0.25) is 11.9 Å². The van der Waals surface area contributed by atoms with Crippen molar-refractivity contribution in [1.82, 2.24) is 25.1 Å². The van der Waals surface area contributed by atoms with Gasteiger partial charge in [-0.05, 0) is 25.8 Å². The number of aromatic amines is 1. The lowest BCUT2D eigenvalue weighted by atomic mass is 10.1. The second-order valence-electron chi connectivity index (χ2n) is 4.85. The molecule has 3 heterocycles. The molecule has 3 N–H and O–H groups in total. The Morgan fingerprint density at radius 3 is 3.05 bits per heavy atom. The zero-order chi connectivity index (χ0) is 13.9. The molecule has 106 valence electrons. The summed E-state index contributed by atoms with van der Waals surface area (Å²) < 4.78 is 0. The minimum absolute atomic E-state index is 0.286. The van der Waals surface area contributed by atoms with Gasteiger partial charge in [-0.2, -0.15) is 9.97 Å². The van der Waals surface area contributed by atoms with Gasteiger partial charge in [-0.3, -0.25) is 10.4 Å². The van der Waals surface area contributed by atoms with Crippen LogP contribution in [0.2, 0.25) is 0 Å². The number of hydrogen-bond acceptors (Lipinski definition) is 7. The Kier molecular flexibility index (Phi) is 3.46. The van der Waals surface area contributed by atoms with Crippen LogP contribution in [0.15, 0.2) is 12.3 Å². The fraction of sp³-hybridized carbons (Fsp3) is 0.500. The smallest absolute Gasteiger partial charge is 0.248 e.